The molecule has 240 valence electrons. The Morgan fingerprint density at radius 1 is 0.837 bits per heavy atom. The Bertz CT molecular complexity index is 2530. The van der Waals surface area contributed by atoms with E-state index in [1.165, 1.54) is 61.2 Å². The van der Waals surface area contributed by atoms with E-state index >= 15 is 0 Å². The van der Waals surface area contributed by atoms with E-state index in [9.17, 15) is 0 Å². The Balaban J connectivity index is 1.51. The summed E-state index contributed by atoms with van der Waals surface area (Å²) in [7, 11) is 0. The zero-order chi connectivity index (χ0) is 34.1. The molecule has 3 aromatic heterocycles. The van der Waals surface area contributed by atoms with Crippen molar-refractivity contribution in [2.24, 2.45) is 0 Å². The smallest absolute Gasteiger partial charge is 0.417 e. The Morgan fingerprint density at radius 3 is 2.29 bits per heavy atom. The highest BCUT2D eigenvalue weighted by molar-refractivity contribution is 6.13. The zero-order valence-electron chi connectivity index (χ0n) is 29.6. The molecule has 0 amide bonds. The van der Waals surface area contributed by atoms with Gasteiger partial charge in [0, 0.05) is 40.1 Å². The summed E-state index contributed by atoms with van der Waals surface area (Å²) in [4.78, 5) is 0. The number of benzene rings is 3. The Labute approximate surface area is 288 Å². The maximum Gasteiger partial charge on any atom is 0.417 e. The van der Waals surface area contributed by atoms with Crippen molar-refractivity contribution in [2.75, 3.05) is 0 Å². The minimum Gasteiger partial charge on any atom is -0.454 e. The first kappa shape index (κ1) is 29.8. The van der Waals surface area contributed by atoms with Crippen LogP contribution in [0.15, 0.2) is 126 Å². The van der Waals surface area contributed by atoms with Crippen molar-refractivity contribution in [3.8, 4) is 22.5 Å². The van der Waals surface area contributed by atoms with Crippen LogP contribution in [0.3, 0.4) is 0 Å². The largest absolute Gasteiger partial charge is 0.454 e. The highest BCUT2D eigenvalue weighted by atomic mass is 16.3. The van der Waals surface area contributed by atoms with Crippen LogP contribution in [0.4, 0.5) is 0 Å². The third kappa shape index (κ3) is 3.68. The third-order valence-corrected chi connectivity index (χ3v) is 11.4. The van der Waals surface area contributed by atoms with Gasteiger partial charge in [0.15, 0.2) is 12.4 Å². The molecule has 1 atom stereocenters. The maximum atomic E-state index is 7.20. The predicted molar refractivity (Wildman–Crippen MR) is 201 cm³/mol. The van der Waals surface area contributed by atoms with E-state index in [1.54, 1.807) is 0 Å². The lowest BCUT2D eigenvalue weighted by Gasteiger charge is -2.25. The molecule has 3 nitrogen and oxygen atoms in total. The second kappa shape index (κ2) is 9.89. The quantitative estimate of drug-likeness (QED) is 0.139. The van der Waals surface area contributed by atoms with E-state index in [2.05, 4.69) is 156 Å². The van der Waals surface area contributed by atoms with Crippen molar-refractivity contribution in [2.45, 2.75) is 66.0 Å². The first-order valence-electron chi connectivity index (χ1n) is 17.4. The van der Waals surface area contributed by atoms with Crippen LogP contribution in [0.1, 0.15) is 81.8 Å². The molecule has 6 aromatic rings. The van der Waals surface area contributed by atoms with Gasteiger partial charge in [-0.25, -0.2) is 0 Å². The molecular formula is C46H42N2O+2. The lowest BCUT2D eigenvalue weighted by molar-refractivity contribution is -0.955. The highest BCUT2D eigenvalue weighted by Gasteiger charge is 2.67. The van der Waals surface area contributed by atoms with Crippen molar-refractivity contribution in [1.29, 1.82) is 0 Å². The molecule has 3 heteroatoms. The molecule has 2 aliphatic heterocycles. The molecule has 1 aliphatic carbocycles. The van der Waals surface area contributed by atoms with E-state index in [4.69, 9.17) is 4.42 Å². The van der Waals surface area contributed by atoms with Crippen molar-refractivity contribution in [3.05, 3.63) is 155 Å². The average molecular weight is 639 g/mol. The molecule has 0 fully saturated rings. The fourth-order valence-electron chi connectivity index (χ4n) is 9.11. The molecule has 0 radical (unpaired) electrons. The summed E-state index contributed by atoms with van der Waals surface area (Å²) >= 11 is 0. The molecule has 9 rings (SSSR count). The van der Waals surface area contributed by atoms with E-state index in [1.807, 2.05) is 6.08 Å². The lowest BCUT2D eigenvalue weighted by Crippen LogP contribution is -2.71. The van der Waals surface area contributed by atoms with Gasteiger partial charge in [-0.05, 0) is 97.7 Å². The average Bonchev–Trinajstić information content (AvgIpc) is 3.78. The van der Waals surface area contributed by atoms with Crippen LogP contribution in [0.5, 0.6) is 0 Å². The van der Waals surface area contributed by atoms with Gasteiger partial charge in [0.05, 0.1) is 5.56 Å². The first-order chi connectivity index (χ1) is 23.5. The van der Waals surface area contributed by atoms with E-state index in [0.717, 1.165) is 50.9 Å². The normalized spacial score (nSPS) is 17.7. The summed E-state index contributed by atoms with van der Waals surface area (Å²) in [6, 6.07) is 27.1. The van der Waals surface area contributed by atoms with Crippen molar-refractivity contribution in [3.63, 3.8) is 0 Å². The van der Waals surface area contributed by atoms with Gasteiger partial charge in [-0.15, -0.1) is 9.13 Å². The van der Waals surface area contributed by atoms with Gasteiger partial charge in [0.25, 0.3) is 0 Å². The zero-order valence-corrected chi connectivity index (χ0v) is 29.6. The van der Waals surface area contributed by atoms with Crippen LogP contribution < -0.4 is 9.13 Å². The van der Waals surface area contributed by atoms with Crippen LogP contribution in [0.25, 0.3) is 55.6 Å². The minimum atomic E-state index is -0.640. The number of allylic oxidation sites excluding steroid dienone is 6. The summed E-state index contributed by atoms with van der Waals surface area (Å²) in [5.74, 6) is 0. The Kier molecular flexibility index (Phi) is 6.02. The molecule has 5 heterocycles. The molecule has 0 saturated heterocycles. The van der Waals surface area contributed by atoms with Crippen molar-refractivity contribution < 1.29 is 13.6 Å². The molecule has 0 bridgehead atoms. The Morgan fingerprint density at radius 2 is 1.55 bits per heavy atom. The van der Waals surface area contributed by atoms with Gasteiger partial charge < -0.3 is 4.42 Å². The molecule has 49 heavy (non-hydrogen) atoms. The molecule has 1 spiro atoms. The summed E-state index contributed by atoms with van der Waals surface area (Å²) < 4.78 is 12.2. The minimum absolute atomic E-state index is 0.158. The van der Waals surface area contributed by atoms with Gasteiger partial charge >= 0.3 is 5.66 Å². The summed E-state index contributed by atoms with van der Waals surface area (Å²) in [5, 5.41) is 2.33. The standard InChI is InChI=1S/C46H42N2O/c1-10-27(4)40(26(2)3)34-24-39-42-36(21-20-32-31-19-18-30-23-28(5)29(6)41(30)43(31)49-44(32)42)46(48(39)25-37(34)45(7,8)9)35-16-12-11-15-33(35)38-17-13-14-22-47(38)46/h10-22,24-25H,1-2,23H2,3-9H3/q+2/b40-27+. The summed E-state index contributed by atoms with van der Waals surface area (Å²) in [6.07, 6.45) is 7.62. The number of furan rings is 1. The topological polar surface area (TPSA) is 20.9 Å². The summed E-state index contributed by atoms with van der Waals surface area (Å²) in [5.41, 5.74) is 19.5. The number of hydrogen-bond acceptors (Lipinski definition) is 1. The Hall–Kier alpha value is -5.28. The SMILES string of the molecule is C=C/C(C)=C(\C(=C)C)c1cc2[n+](cc1C(C)(C)C)C1(c3ccccc3-c3cccc[n+]31)c1ccc3c(oc4c5c(ccc43)CC(C)=C5C)c1-2. The van der Waals surface area contributed by atoms with E-state index in [0.29, 0.717) is 0 Å². The number of rotatable bonds is 3. The molecule has 0 N–H and O–H groups in total. The van der Waals surface area contributed by atoms with Crippen molar-refractivity contribution in [1.82, 2.24) is 0 Å². The van der Waals surface area contributed by atoms with Gasteiger partial charge in [-0.1, -0.05) is 75.4 Å². The second-order valence-corrected chi connectivity index (χ2v) is 15.3. The first-order valence-corrected chi connectivity index (χ1v) is 17.4. The third-order valence-electron chi connectivity index (χ3n) is 11.4. The van der Waals surface area contributed by atoms with Gasteiger partial charge in [0.1, 0.15) is 27.9 Å². The number of hydrogen-bond donors (Lipinski definition) is 0. The van der Waals surface area contributed by atoms with Crippen LogP contribution in [0.2, 0.25) is 0 Å². The number of pyridine rings is 2. The van der Waals surface area contributed by atoms with Gasteiger partial charge in [-0.3, -0.25) is 0 Å². The molecule has 0 saturated carbocycles. The fourth-order valence-corrected chi connectivity index (χ4v) is 9.11. The molecule has 3 aliphatic rings. The predicted octanol–water partition coefficient (Wildman–Crippen LogP) is 10.6. The second-order valence-electron chi connectivity index (χ2n) is 15.3. The van der Waals surface area contributed by atoms with Crippen LogP contribution >= 0.6 is 0 Å². The van der Waals surface area contributed by atoms with Crippen LogP contribution in [0, 0.1) is 0 Å². The number of fused-ring (bicyclic) bond motifs is 16. The summed E-state index contributed by atoms with van der Waals surface area (Å²) in [6.45, 7) is 24.3. The number of nitrogens with zero attached hydrogens (tertiary/aromatic N) is 2. The van der Waals surface area contributed by atoms with Crippen LogP contribution in [-0.4, -0.2) is 0 Å². The fraction of sp³-hybridized carbons (Fsp3) is 0.217. The van der Waals surface area contributed by atoms with Crippen molar-refractivity contribution >= 4 is 33.1 Å². The maximum absolute atomic E-state index is 7.20. The highest BCUT2D eigenvalue weighted by Crippen LogP contribution is 2.52. The monoisotopic (exact) mass is 638 g/mol. The van der Waals surface area contributed by atoms with Crippen LogP contribution in [-0.2, 0) is 17.5 Å². The number of aromatic nitrogens is 2. The molecular weight excluding hydrogens is 597 g/mol. The lowest BCUT2D eigenvalue weighted by atomic mass is 9.80. The van der Waals surface area contributed by atoms with E-state index in [-0.39, 0.29) is 5.41 Å². The molecule has 1 unspecified atom stereocenters. The van der Waals surface area contributed by atoms with E-state index < -0.39 is 5.66 Å². The van der Waals surface area contributed by atoms with Gasteiger partial charge in [-0.2, -0.15) is 0 Å². The van der Waals surface area contributed by atoms with Gasteiger partial charge in [0.2, 0.25) is 11.4 Å². The molecule has 3 aromatic carbocycles.